The maximum absolute atomic E-state index is 6.47. The summed E-state index contributed by atoms with van der Waals surface area (Å²) in [5.74, 6) is 1.96. The van der Waals surface area contributed by atoms with Crippen molar-refractivity contribution in [1.29, 1.82) is 0 Å². The van der Waals surface area contributed by atoms with Crippen molar-refractivity contribution in [1.82, 2.24) is 19.9 Å². The van der Waals surface area contributed by atoms with Crippen LogP contribution < -0.4 is 14.8 Å². The average molecular weight is 484 g/mol. The molecule has 0 saturated carbocycles. The Balaban J connectivity index is 1.56. The normalized spacial score (nSPS) is 11.7. The molecule has 0 fully saturated rings. The van der Waals surface area contributed by atoms with E-state index in [2.05, 4.69) is 39.0 Å². The highest BCUT2D eigenvalue weighted by Crippen LogP contribution is 2.34. The van der Waals surface area contributed by atoms with Gasteiger partial charge in [-0.2, -0.15) is 0 Å². The van der Waals surface area contributed by atoms with Gasteiger partial charge in [0.25, 0.3) is 0 Å². The molecule has 0 bridgehead atoms. The summed E-state index contributed by atoms with van der Waals surface area (Å²) < 4.78 is 12.0. The number of benzene rings is 2. The number of ether oxygens (including phenoxy) is 2. The summed E-state index contributed by atoms with van der Waals surface area (Å²) in [6.07, 6.45) is 1.53. The summed E-state index contributed by atoms with van der Waals surface area (Å²) in [6, 6.07) is 11.3. The van der Waals surface area contributed by atoms with E-state index in [1.807, 2.05) is 55.9 Å². The number of likely N-dealkylation sites (N-methyl/N-ethyl adjacent to an activating group) is 1. The van der Waals surface area contributed by atoms with Gasteiger partial charge in [0.1, 0.15) is 36.9 Å². The van der Waals surface area contributed by atoms with Gasteiger partial charge in [0, 0.05) is 16.6 Å². The van der Waals surface area contributed by atoms with E-state index in [4.69, 9.17) is 21.1 Å². The van der Waals surface area contributed by atoms with Gasteiger partial charge < -0.3 is 19.7 Å². The van der Waals surface area contributed by atoms with E-state index in [-0.39, 0.29) is 5.54 Å². The van der Waals surface area contributed by atoms with Gasteiger partial charge in [-0.1, -0.05) is 17.7 Å². The van der Waals surface area contributed by atoms with Crippen LogP contribution in [0.3, 0.4) is 0 Å². The molecule has 0 spiro atoms. The first kappa shape index (κ1) is 23.2. The molecular weight excluding hydrogens is 458 g/mol. The molecule has 2 heterocycles. The van der Waals surface area contributed by atoms with Crippen molar-refractivity contribution in [2.24, 2.45) is 0 Å². The molecule has 0 unspecified atom stereocenters. The van der Waals surface area contributed by atoms with Crippen LogP contribution in [0.5, 0.6) is 11.5 Å². The van der Waals surface area contributed by atoms with E-state index in [9.17, 15) is 0 Å². The van der Waals surface area contributed by atoms with Crippen LogP contribution in [-0.4, -0.2) is 46.1 Å². The standard InChI is InChI=1S/C24H26ClN5O2S/c1-24(2,30(3)4)13-32-21-7-5-6-19-22(21)23(27-14-26-19)29-16-8-9-20(18(25)10-16)31-11-17-12-33-15-28-17/h5-10,12,14-15H,11,13H2,1-4H3,(H,26,27,29). The van der Waals surface area contributed by atoms with Gasteiger partial charge >= 0.3 is 0 Å². The topological polar surface area (TPSA) is 72.4 Å². The second-order valence-electron chi connectivity index (χ2n) is 8.41. The fourth-order valence-electron chi connectivity index (χ4n) is 2.97. The van der Waals surface area contributed by atoms with Gasteiger partial charge in [-0.3, -0.25) is 0 Å². The fraction of sp³-hybridized carbons (Fsp3) is 0.292. The molecule has 0 aliphatic heterocycles. The zero-order valence-electron chi connectivity index (χ0n) is 19.0. The molecule has 172 valence electrons. The van der Waals surface area contributed by atoms with Gasteiger partial charge in [-0.15, -0.1) is 11.3 Å². The third kappa shape index (κ3) is 5.52. The van der Waals surface area contributed by atoms with Crippen molar-refractivity contribution in [3.8, 4) is 11.5 Å². The van der Waals surface area contributed by atoms with Gasteiger partial charge in [0.05, 0.1) is 27.1 Å². The van der Waals surface area contributed by atoms with Crippen molar-refractivity contribution in [2.75, 3.05) is 26.0 Å². The Labute approximate surface area is 202 Å². The molecule has 2 aromatic carbocycles. The monoisotopic (exact) mass is 483 g/mol. The smallest absolute Gasteiger partial charge is 0.145 e. The lowest BCUT2D eigenvalue weighted by Gasteiger charge is -2.32. The fourth-order valence-corrected chi connectivity index (χ4v) is 3.75. The molecule has 9 heteroatoms. The van der Waals surface area contributed by atoms with Crippen LogP contribution in [-0.2, 0) is 6.61 Å². The highest BCUT2D eigenvalue weighted by atomic mass is 35.5. The molecule has 0 atom stereocenters. The van der Waals surface area contributed by atoms with Gasteiger partial charge in [0.2, 0.25) is 0 Å². The quantitative estimate of drug-likeness (QED) is 0.323. The summed E-state index contributed by atoms with van der Waals surface area (Å²) in [7, 11) is 4.08. The van der Waals surface area contributed by atoms with E-state index in [0.29, 0.717) is 29.8 Å². The number of fused-ring (bicyclic) bond motifs is 1. The molecule has 0 amide bonds. The number of hydrogen-bond acceptors (Lipinski definition) is 8. The lowest BCUT2D eigenvalue weighted by Crippen LogP contribution is -2.43. The summed E-state index contributed by atoms with van der Waals surface area (Å²) in [5.41, 5.74) is 4.09. The van der Waals surface area contributed by atoms with Crippen LogP contribution >= 0.6 is 22.9 Å². The van der Waals surface area contributed by atoms with E-state index < -0.39 is 0 Å². The van der Waals surface area contributed by atoms with Crippen molar-refractivity contribution in [2.45, 2.75) is 26.0 Å². The molecule has 0 aliphatic carbocycles. The van der Waals surface area contributed by atoms with E-state index in [1.165, 1.54) is 17.7 Å². The van der Waals surface area contributed by atoms with E-state index in [0.717, 1.165) is 28.0 Å². The van der Waals surface area contributed by atoms with Crippen molar-refractivity contribution in [3.05, 3.63) is 64.3 Å². The van der Waals surface area contributed by atoms with Crippen molar-refractivity contribution < 1.29 is 9.47 Å². The number of hydrogen-bond donors (Lipinski definition) is 1. The number of rotatable bonds is 9. The van der Waals surface area contributed by atoms with Crippen LogP contribution in [0.25, 0.3) is 10.9 Å². The maximum atomic E-state index is 6.47. The average Bonchev–Trinajstić information content (AvgIpc) is 3.31. The zero-order chi connectivity index (χ0) is 23.4. The predicted octanol–water partition coefficient (Wildman–Crippen LogP) is 5.78. The highest BCUT2D eigenvalue weighted by Gasteiger charge is 2.22. The lowest BCUT2D eigenvalue weighted by atomic mass is 10.1. The molecule has 2 aromatic heterocycles. The predicted molar refractivity (Wildman–Crippen MR) is 134 cm³/mol. The third-order valence-corrected chi connectivity index (χ3v) is 6.40. The Morgan fingerprint density at radius 3 is 2.64 bits per heavy atom. The summed E-state index contributed by atoms with van der Waals surface area (Å²) in [4.78, 5) is 15.2. The first-order chi connectivity index (χ1) is 15.8. The number of anilines is 2. The van der Waals surface area contributed by atoms with Crippen LogP contribution in [0.15, 0.2) is 53.6 Å². The van der Waals surface area contributed by atoms with Crippen molar-refractivity contribution >= 4 is 45.3 Å². The largest absolute Gasteiger partial charge is 0.491 e. The van der Waals surface area contributed by atoms with Crippen LogP contribution in [0.2, 0.25) is 5.02 Å². The molecule has 0 radical (unpaired) electrons. The van der Waals surface area contributed by atoms with Crippen LogP contribution in [0.4, 0.5) is 11.5 Å². The van der Waals surface area contributed by atoms with Crippen molar-refractivity contribution in [3.63, 3.8) is 0 Å². The molecule has 33 heavy (non-hydrogen) atoms. The Kier molecular flexibility index (Phi) is 6.97. The first-order valence-corrected chi connectivity index (χ1v) is 11.8. The number of nitrogens with zero attached hydrogens (tertiary/aromatic N) is 4. The zero-order valence-corrected chi connectivity index (χ0v) is 20.6. The summed E-state index contributed by atoms with van der Waals surface area (Å²) >= 11 is 8.00. The Morgan fingerprint density at radius 1 is 1.06 bits per heavy atom. The van der Waals surface area contributed by atoms with Crippen LogP contribution in [0, 0.1) is 0 Å². The molecule has 4 aromatic rings. The summed E-state index contributed by atoms with van der Waals surface area (Å²) in [5, 5.41) is 6.61. The van der Waals surface area contributed by atoms with E-state index in [1.54, 1.807) is 5.51 Å². The SMILES string of the molecule is CN(C)C(C)(C)COc1cccc2ncnc(Nc3ccc(OCc4cscn4)c(Cl)c3)c12. The number of thiazole rings is 1. The number of halogens is 1. The first-order valence-electron chi connectivity index (χ1n) is 10.4. The minimum absolute atomic E-state index is 0.132. The van der Waals surface area contributed by atoms with Gasteiger partial charge in [0.15, 0.2) is 0 Å². The minimum Gasteiger partial charge on any atom is -0.491 e. The highest BCUT2D eigenvalue weighted by molar-refractivity contribution is 7.07. The molecule has 7 nitrogen and oxygen atoms in total. The molecule has 4 rings (SSSR count). The molecule has 0 saturated heterocycles. The molecular formula is C24H26ClN5O2S. The van der Waals surface area contributed by atoms with Crippen LogP contribution in [0.1, 0.15) is 19.5 Å². The minimum atomic E-state index is -0.132. The second kappa shape index (κ2) is 9.91. The third-order valence-electron chi connectivity index (χ3n) is 5.47. The molecule has 0 aliphatic rings. The Bertz CT molecular complexity index is 1230. The number of aromatic nitrogens is 3. The lowest BCUT2D eigenvalue weighted by molar-refractivity contribution is 0.115. The Hall–Kier alpha value is -2.94. The molecule has 1 N–H and O–H groups in total. The summed E-state index contributed by atoms with van der Waals surface area (Å²) in [6.45, 7) is 5.16. The maximum Gasteiger partial charge on any atom is 0.145 e. The Morgan fingerprint density at radius 2 is 1.91 bits per heavy atom. The number of nitrogens with one attached hydrogen (secondary N) is 1. The van der Waals surface area contributed by atoms with Gasteiger partial charge in [-0.25, -0.2) is 15.0 Å². The van der Waals surface area contributed by atoms with E-state index >= 15 is 0 Å². The second-order valence-corrected chi connectivity index (χ2v) is 9.53. The van der Waals surface area contributed by atoms with Gasteiger partial charge in [-0.05, 0) is 58.3 Å².